The third-order valence-electron chi connectivity index (χ3n) is 4.13. The molecule has 124 valence electrons. The number of amides is 2. The van der Waals surface area contributed by atoms with Crippen molar-refractivity contribution in [1.29, 1.82) is 0 Å². The minimum absolute atomic E-state index is 0.117. The lowest BCUT2D eigenvalue weighted by Gasteiger charge is -2.15. The molecule has 1 heterocycles. The zero-order chi connectivity index (χ0) is 16.9. The molecule has 0 spiro atoms. The lowest BCUT2D eigenvalue weighted by atomic mass is 10.1. The first-order valence-corrected chi connectivity index (χ1v) is 8.39. The van der Waals surface area contributed by atoms with E-state index in [0.717, 1.165) is 24.1 Å². The molecule has 1 fully saturated rings. The lowest BCUT2D eigenvalue weighted by molar-refractivity contribution is -0.128. The number of rotatable bonds is 5. The van der Waals surface area contributed by atoms with Crippen LogP contribution in [0.25, 0.3) is 0 Å². The minimum Gasteiger partial charge on any atom is -0.348 e. The maximum atomic E-state index is 12.2. The maximum Gasteiger partial charge on any atom is 0.251 e. The highest BCUT2D eigenvalue weighted by atomic mass is 35.5. The first-order chi connectivity index (χ1) is 11.6. The number of nitrogens with zero attached hydrogens (tertiary/aromatic N) is 1. The summed E-state index contributed by atoms with van der Waals surface area (Å²) in [5, 5.41) is 3.57. The summed E-state index contributed by atoms with van der Waals surface area (Å²) in [5.41, 5.74) is 2.65. The second-order valence-corrected chi connectivity index (χ2v) is 6.36. The summed E-state index contributed by atoms with van der Waals surface area (Å²) in [5.74, 6) is 0.0912. The molecule has 2 aromatic carbocycles. The number of halogens is 1. The first-order valence-electron chi connectivity index (χ1n) is 8.01. The van der Waals surface area contributed by atoms with Crippen LogP contribution in [0.15, 0.2) is 48.5 Å². The van der Waals surface area contributed by atoms with Crippen molar-refractivity contribution in [1.82, 2.24) is 10.2 Å². The van der Waals surface area contributed by atoms with Gasteiger partial charge < -0.3 is 10.2 Å². The molecule has 1 N–H and O–H groups in total. The van der Waals surface area contributed by atoms with E-state index in [1.165, 1.54) is 0 Å². The Kier molecular flexibility index (Phi) is 5.16. The van der Waals surface area contributed by atoms with Gasteiger partial charge in [-0.05, 0) is 41.8 Å². The molecule has 1 aliphatic rings. The Morgan fingerprint density at radius 1 is 1.04 bits per heavy atom. The SMILES string of the molecule is O=C(NCc1ccc(Cl)cc1)c1ccc(CN2CCCC2=O)cc1. The third-order valence-corrected chi connectivity index (χ3v) is 4.38. The van der Waals surface area contributed by atoms with Crippen molar-refractivity contribution in [2.45, 2.75) is 25.9 Å². The van der Waals surface area contributed by atoms with Gasteiger partial charge in [-0.15, -0.1) is 0 Å². The maximum absolute atomic E-state index is 12.2. The van der Waals surface area contributed by atoms with Gasteiger partial charge in [0, 0.05) is 36.6 Å². The largest absolute Gasteiger partial charge is 0.348 e. The molecule has 24 heavy (non-hydrogen) atoms. The van der Waals surface area contributed by atoms with E-state index in [0.29, 0.717) is 30.1 Å². The van der Waals surface area contributed by atoms with Gasteiger partial charge in [0.1, 0.15) is 0 Å². The number of carbonyl (C=O) groups is 2. The van der Waals surface area contributed by atoms with Gasteiger partial charge >= 0.3 is 0 Å². The molecule has 0 saturated carbocycles. The van der Waals surface area contributed by atoms with Crippen LogP contribution in [0.5, 0.6) is 0 Å². The van der Waals surface area contributed by atoms with Gasteiger partial charge in [-0.25, -0.2) is 0 Å². The number of hydrogen-bond acceptors (Lipinski definition) is 2. The van der Waals surface area contributed by atoms with Crippen molar-refractivity contribution in [3.63, 3.8) is 0 Å². The molecular formula is C19H19ClN2O2. The summed E-state index contributed by atoms with van der Waals surface area (Å²) in [4.78, 5) is 25.7. The molecule has 2 aromatic rings. The fraction of sp³-hybridized carbons (Fsp3) is 0.263. The first kappa shape index (κ1) is 16.5. The summed E-state index contributed by atoms with van der Waals surface area (Å²) in [6.45, 7) is 1.90. The predicted molar refractivity (Wildman–Crippen MR) is 93.7 cm³/mol. The molecule has 4 nitrogen and oxygen atoms in total. The molecule has 2 amide bonds. The van der Waals surface area contributed by atoms with E-state index in [9.17, 15) is 9.59 Å². The van der Waals surface area contributed by atoms with Gasteiger partial charge in [-0.3, -0.25) is 9.59 Å². The number of hydrogen-bond donors (Lipinski definition) is 1. The van der Waals surface area contributed by atoms with Gasteiger partial charge in [0.25, 0.3) is 5.91 Å². The highest BCUT2D eigenvalue weighted by Crippen LogP contribution is 2.15. The molecule has 3 rings (SSSR count). The summed E-state index contributed by atoms with van der Waals surface area (Å²) >= 11 is 5.84. The van der Waals surface area contributed by atoms with Crippen LogP contribution >= 0.6 is 11.6 Å². The quantitative estimate of drug-likeness (QED) is 0.905. The average molecular weight is 343 g/mol. The normalized spacial score (nSPS) is 14.0. The van der Waals surface area contributed by atoms with Gasteiger partial charge in [0.05, 0.1) is 0 Å². The molecule has 1 aliphatic heterocycles. The monoisotopic (exact) mass is 342 g/mol. The van der Waals surface area contributed by atoms with Gasteiger partial charge in [0.2, 0.25) is 5.91 Å². The number of likely N-dealkylation sites (tertiary alicyclic amines) is 1. The third kappa shape index (κ3) is 4.15. The Hall–Kier alpha value is -2.33. The van der Waals surface area contributed by atoms with Crippen molar-refractivity contribution in [2.24, 2.45) is 0 Å². The predicted octanol–water partition coefficient (Wildman–Crippen LogP) is 3.39. The zero-order valence-corrected chi connectivity index (χ0v) is 14.1. The Morgan fingerprint density at radius 3 is 2.33 bits per heavy atom. The lowest BCUT2D eigenvalue weighted by Crippen LogP contribution is -2.24. The van der Waals surface area contributed by atoms with Crippen molar-refractivity contribution < 1.29 is 9.59 Å². The van der Waals surface area contributed by atoms with Crippen LogP contribution in [-0.2, 0) is 17.9 Å². The highest BCUT2D eigenvalue weighted by Gasteiger charge is 2.19. The number of nitrogens with one attached hydrogen (secondary N) is 1. The second kappa shape index (κ2) is 7.49. The Balaban J connectivity index is 1.55. The Labute approximate surface area is 146 Å². The topological polar surface area (TPSA) is 49.4 Å². The van der Waals surface area contributed by atoms with E-state index in [1.54, 1.807) is 24.3 Å². The molecule has 0 aromatic heterocycles. The number of benzene rings is 2. The molecule has 0 radical (unpaired) electrons. The van der Waals surface area contributed by atoms with Crippen LogP contribution in [0.1, 0.15) is 34.3 Å². The molecule has 0 aliphatic carbocycles. The van der Waals surface area contributed by atoms with Crippen molar-refractivity contribution >= 4 is 23.4 Å². The van der Waals surface area contributed by atoms with Crippen LogP contribution in [0, 0.1) is 0 Å². The summed E-state index contributed by atoms with van der Waals surface area (Å²) in [7, 11) is 0. The molecular weight excluding hydrogens is 324 g/mol. The van der Waals surface area contributed by atoms with E-state index in [-0.39, 0.29) is 11.8 Å². The molecule has 0 unspecified atom stereocenters. The van der Waals surface area contributed by atoms with E-state index in [1.807, 2.05) is 29.2 Å². The fourth-order valence-corrected chi connectivity index (χ4v) is 2.87. The highest BCUT2D eigenvalue weighted by molar-refractivity contribution is 6.30. The van der Waals surface area contributed by atoms with E-state index in [2.05, 4.69) is 5.32 Å². The Bertz CT molecular complexity index is 726. The van der Waals surface area contributed by atoms with Crippen LogP contribution < -0.4 is 5.32 Å². The van der Waals surface area contributed by atoms with E-state index < -0.39 is 0 Å². The van der Waals surface area contributed by atoms with Crippen molar-refractivity contribution in [3.05, 3.63) is 70.2 Å². The molecule has 5 heteroatoms. The van der Waals surface area contributed by atoms with Gasteiger partial charge in [-0.2, -0.15) is 0 Å². The number of carbonyl (C=O) groups excluding carboxylic acids is 2. The summed E-state index contributed by atoms with van der Waals surface area (Å²) < 4.78 is 0. The van der Waals surface area contributed by atoms with Crippen LogP contribution in [0.2, 0.25) is 5.02 Å². The molecule has 0 bridgehead atoms. The van der Waals surface area contributed by atoms with Crippen molar-refractivity contribution in [2.75, 3.05) is 6.54 Å². The Morgan fingerprint density at radius 2 is 1.71 bits per heavy atom. The fourth-order valence-electron chi connectivity index (χ4n) is 2.74. The van der Waals surface area contributed by atoms with Crippen LogP contribution in [0.4, 0.5) is 0 Å². The average Bonchev–Trinajstić information content (AvgIpc) is 3.00. The standard InChI is InChI=1S/C19H19ClN2O2/c20-17-9-5-14(6-10-17)12-21-19(24)16-7-3-15(4-8-16)13-22-11-1-2-18(22)23/h3-10H,1-2,11-13H2,(H,21,24). The van der Waals surface area contributed by atoms with Crippen molar-refractivity contribution in [3.8, 4) is 0 Å². The van der Waals surface area contributed by atoms with Crippen LogP contribution in [-0.4, -0.2) is 23.3 Å². The molecule has 1 saturated heterocycles. The minimum atomic E-state index is -0.117. The van der Waals surface area contributed by atoms with Gasteiger partial charge in [0.15, 0.2) is 0 Å². The summed E-state index contributed by atoms with van der Waals surface area (Å²) in [6.07, 6.45) is 1.58. The van der Waals surface area contributed by atoms with E-state index in [4.69, 9.17) is 11.6 Å². The smallest absolute Gasteiger partial charge is 0.251 e. The van der Waals surface area contributed by atoms with E-state index >= 15 is 0 Å². The summed E-state index contributed by atoms with van der Waals surface area (Å²) in [6, 6.07) is 14.8. The zero-order valence-electron chi connectivity index (χ0n) is 13.3. The second-order valence-electron chi connectivity index (χ2n) is 5.92. The van der Waals surface area contributed by atoms with Gasteiger partial charge in [-0.1, -0.05) is 35.9 Å². The van der Waals surface area contributed by atoms with Crippen LogP contribution in [0.3, 0.4) is 0 Å². The molecule has 0 atom stereocenters.